The second-order valence-electron chi connectivity index (χ2n) is 5.27. The highest BCUT2D eigenvalue weighted by molar-refractivity contribution is 9.10. The SMILES string of the molecule is O=C1NC(=O)N(c2ccccc2F)C(=O)[C@H]1C=Nc1ccc(Br)c(Cl)c1. The van der Waals surface area contributed by atoms with Gasteiger partial charge in [-0.2, -0.15) is 0 Å². The van der Waals surface area contributed by atoms with E-state index in [1.165, 1.54) is 24.3 Å². The van der Waals surface area contributed by atoms with Crippen molar-refractivity contribution in [2.45, 2.75) is 0 Å². The van der Waals surface area contributed by atoms with Crippen LogP contribution >= 0.6 is 27.5 Å². The van der Waals surface area contributed by atoms with E-state index in [4.69, 9.17) is 11.6 Å². The number of hydrogen-bond acceptors (Lipinski definition) is 4. The van der Waals surface area contributed by atoms with Gasteiger partial charge in [0.05, 0.1) is 16.4 Å². The molecule has 1 saturated heterocycles. The summed E-state index contributed by atoms with van der Waals surface area (Å²) < 4.78 is 14.6. The van der Waals surface area contributed by atoms with Crippen molar-refractivity contribution in [1.82, 2.24) is 5.32 Å². The highest BCUT2D eigenvalue weighted by atomic mass is 79.9. The molecular formula is C17H10BrClFN3O3. The number of carbonyl (C=O) groups excluding carboxylic acids is 3. The van der Waals surface area contributed by atoms with Crippen LogP contribution in [0.25, 0.3) is 0 Å². The van der Waals surface area contributed by atoms with Crippen molar-refractivity contribution in [2.24, 2.45) is 10.9 Å². The van der Waals surface area contributed by atoms with Gasteiger partial charge in [0.2, 0.25) is 5.91 Å². The van der Waals surface area contributed by atoms with Crippen molar-refractivity contribution >= 4 is 63.0 Å². The van der Waals surface area contributed by atoms with Gasteiger partial charge in [0.25, 0.3) is 5.91 Å². The number of para-hydroxylation sites is 1. The summed E-state index contributed by atoms with van der Waals surface area (Å²) in [5.41, 5.74) is 0.167. The van der Waals surface area contributed by atoms with Gasteiger partial charge in [-0.05, 0) is 46.3 Å². The fourth-order valence-electron chi connectivity index (χ4n) is 2.31. The number of rotatable bonds is 3. The molecule has 0 radical (unpaired) electrons. The van der Waals surface area contributed by atoms with Crippen molar-refractivity contribution in [2.75, 3.05) is 4.90 Å². The number of aliphatic imine (C=N–C) groups is 1. The number of nitrogens with zero attached hydrogens (tertiary/aromatic N) is 2. The van der Waals surface area contributed by atoms with Gasteiger partial charge in [0.15, 0.2) is 5.92 Å². The van der Waals surface area contributed by atoms with Crippen molar-refractivity contribution in [3.05, 3.63) is 57.8 Å². The van der Waals surface area contributed by atoms with E-state index >= 15 is 0 Å². The highest BCUT2D eigenvalue weighted by Crippen LogP contribution is 2.27. The number of halogens is 3. The van der Waals surface area contributed by atoms with Gasteiger partial charge in [-0.3, -0.25) is 19.9 Å². The van der Waals surface area contributed by atoms with Crippen molar-refractivity contribution < 1.29 is 18.8 Å². The number of hydrogen-bond donors (Lipinski definition) is 1. The summed E-state index contributed by atoms with van der Waals surface area (Å²) in [5, 5.41) is 2.43. The molecule has 0 bridgehead atoms. The minimum atomic E-state index is -1.38. The largest absolute Gasteiger partial charge is 0.335 e. The van der Waals surface area contributed by atoms with Crippen LogP contribution in [0.1, 0.15) is 0 Å². The predicted molar refractivity (Wildman–Crippen MR) is 98.2 cm³/mol. The smallest absolute Gasteiger partial charge is 0.276 e. The fraction of sp³-hybridized carbons (Fsp3) is 0.0588. The maximum atomic E-state index is 14.0. The Morgan fingerprint density at radius 3 is 2.62 bits per heavy atom. The molecule has 1 aliphatic heterocycles. The average molecular weight is 439 g/mol. The van der Waals surface area contributed by atoms with Crippen LogP contribution in [-0.4, -0.2) is 24.1 Å². The highest BCUT2D eigenvalue weighted by Gasteiger charge is 2.41. The average Bonchev–Trinajstić information content (AvgIpc) is 2.59. The minimum absolute atomic E-state index is 0.243. The van der Waals surface area contributed by atoms with Crippen LogP contribution in [0, 0.1) is 11.7 Å². The summed E-state index contributed by atoms with van der Waals surface area (Å²) >= 11 is 9.21. The number of anilines is 1. The van der Waals surface area contributed by atoms with E-state index in [9.17, 15) is 18.8 Å². The molecule has 26 heavy (non-hydrogen) atoms. The van der Waals surface area contributed by atoms with E-state index in [0.29, 0.717) is 20.1 Å². The Balaban J connectivity index is 1.91. The summed E-state index contributed by atoms with van der Waals surface area (Å²) in [4.78, 5) is 41.3. The summed E-state index contributed by atoms with van der Waals surface area (Å²) in [6.07, 6.45) is 1.09. The zero-order valence-electron chi connectivity index (χ0n) is 12.9. The molecule has 9 heteroatoms. The maximum absolute atomic E-state index is 14.0. The molecule has 2 aromatic rings. The molecule has 0 aromatic heterocycles. The van der Waals surface area contributed by atoms with Gasteiger partial charge in [-0.15, -0.1) is 0 Å². The molecule has 1 N–H and O–H groups in total. The molecule has 6 nitrogen and oxygen atoms in total. The molecular weight excluding hydrogens is 429 g/mol. The minimum Gasteiger partial charge on any atom is -0.276 e. The van der Waals surface area contributed by atoms with Crippen LogP contribution in [0.3, 0.4) is 0 Å². The first kappa shape index (κ1) is 18.2. The predicted octanol–water partition coefficient (Wildman–Crippen LogP) is 3.84. The third kappa shape index (κ3) is 3.51. The Bertz CT molecular complexity index is 951. The van der Waals surface area contributed by atoms with Crippen LogP contribution in [0.15, 0.2) is 51.9 Å². The Labute approximate surface area is 160 Å². The van der Waals surface area contributed by atoms with Crippen LogP contribution in [-0.2, 0) is 9.59 Å². The summed E-state index contributed by atoms with van der Waals surface area (Å²) in [6.45, 7) is 0. The lowest BCUT2D eigenvalue weighted by atomic mass is 10.1. The number of urea groups is 1. The van der Waals surface area contributed by atoms with E-state index < -0.39 is 29.6 Å². The number of barbiturate groups is 1. The standard InChI is InChI=1S/C17H10BrClFN3O3/c18-11-6-5-9(7-12(11)19)21-8-10-15(24)22-17(26)23(16(10)25)14-4-2-1-3-13(14)20/h1-8,10H,(H,22,24,26)/t10-/m0/s1. The first-order chi connectivity index (χ1) is 12.4. The first-order valence-electron chi connectivity index (χ1n) is 7.31. The lowest BCUT2D eigenvalue weighted by molar-refractivity contribution is -0.131. The van der Waals surface area contributed by atoms with Gasteiger partial charge < -0.3 is 0 Å². The van der Waals surface area contributed by atoms with Crippen LogP contribution in [0.5, 0.6) is 0 Å². The van der Waals surface area contributed by atoms with E-state index in [1.807, 2.05) is 5.32 Å². The summed E-state index contributed by atoms with van der Waals surface area (Å²) in [5.74, 6) is -3.87. The second kappa shape index (κ2) is 7.35. The summed E-state index contributed by atoms with van der Waals surface area (Å²) in [6, 6.07) is 9.08. The molecule has 1 heterocycles. The van der Waals surface area contributed by atoms with Crippen molar-refractivity contribution in [3.63, 3.8) is 0 Å². The Kier molecular flexibility index (Phi) is 5.15. The van der Waals surface area contributed by atoms with Gasteiger partial charge in [-0.25, -0.2) is 14.1 Å². The van der Waals surface area contributed by atoms with Crippen LogP contribution in [0.4, 0.5) is 20.6 Å². The van der Waals surface area contributed by atoms with Gasteiger partial charge in [0.1, 0.15) is 5.82 Å². The molecule has 0 unspecified atom stereocenters. The lowest BCUT2D eigenvalue weighted by Crippen LogP contribution is -2.58. The van der Waals surface area contributed by atoms with E-state index in [2.05, 4.69) is 20.9 Å². The van der Waals surface area contributed by atoms with Crippen LogP contribution < -0.4 is 10.2 Å². The van der Waals surface area contributed by atoms with Gasteiger partial charge in [-0.1, -0.05) is 23.7 Å². The topological polar surface area (TPSA) is 78.8 Å². The number of carbonyl (C=O) groups is 3. The monoisotopic (exact) mass is 437 g/mol. The number of nitrogens with one attached hydrogen (secondary N) is 1. The molecule has 132 valence electrons. The molecule has 0 aliphatic carbocycles. The van der Waals surface area contributed by atoms with Gasteiger partial charge >= 0.3 is 6.03 Å². The van der Waals surface area contributed by atoms with E-state index in [-0.39, 0.29) is 5.69 Å². The quantitative estimate of drug-likeness (QED) is 0.584. The molecule has 2 aromatic carbocycles. The first-order valence-corrected chi connectivity index (χ1v) is 8.48. The third-order valence-corrected chi connectivity index (χ3v) is 4.80. The molecule has 1 aliphatic rings. The lowest BCUT2D eigenvalue weighted by Gasteiger charge is -2.28. The van der Waals surface area contributed by atoms with Crippen LogP contribution in [0.2, 0.25) is 5.02 Å². The third-order valence-electron chi connectivity index (χ3n) is 3.57. The normalized spacial score (nSPS) is 17.7. The van der Waals surface area contributed by atoms with Crippen molar-refractivity contribution in [3.8, 4) is 0 Å². The molecule has 4 amide bonds. The maximum Gasteiger partial charge on any atom is 0.335 e. The van der Waals surface area contributed by atoms with Crippen molar-refractivity contribution in [1.29, 1.82) is 0 Å². The molecule has 0 saturated carbocycles. The molecule has 1 fully saturated rings. The molecule has 1 atom stereocenters. The zero-order valence-corrected chi connectivity index (χ0v) is 15.3. The van der Waals surface area contributed by atoms with Gasteiger partial charge in [0, 0.05) is 10.7 Å². The van der Waals surface area contributed by atoms with E-state index in [0.717, 1.165) is 12.3 Å². The summed E-state index contributed by atoms with van der Waals surface area (Å²) in [7, 11) is 0. The number of imide groups is 2. The zero-order chi connectivity index (χ0) is 18.8. The Hall–Kier alpha value is -2.58. The fourth-order valence-corrected chi connectivity index (χ4v) is 2.73. The second-order valence-corrected chi connectivity index (χ2v) is 6.54. The molecule has 3 rings (SSSR count). The number of amides is 4. The Morgan fingerprint density at radius 1 is 1.19 bits per heavy atom. The molecule has 0 spiro atoms. The Morgan fingerprint density at radius 2 is 1.92 bits per heavy atom. The number of benzene rings is 2. The van der Waals surface area contributed by atoms with E-state index in [1.54, 1.807) is 12.1 Å².